The number of hydrogen-bond donors (Lipinski definition) is 2. The number of methoxy groups -OCH3 is 1. The highest BCUT2D eigenvalue weighted by Gasteiger charge is 2.22. The SMILES string of the molecule is COc1ccccc1C1CCCC(O)N1. The standard InChI is InChI=1S/C12H17NO2/c1-15-11-7-3-2-5-9(11)10-6-4-8-12(14)13-10/h2-3,5,7,10,12-14H,4,6,8H2,1H3. The lowest BCUT2D eigenvalue weighted by molar-refractivity contribution is 0.0846. The summed E-state index contributed by atoms with van der Waals surface area (Å²) in [5.41, 5.74) is 1.14. The van der Waals surface area contributed by atoms with Crippen LogP contribution < -0.4 is 10.1 Å². The molecule has 2 N–H and O–H groups in total. The highest BCUT2D eigenvalue weighted by molar-refractivity contribution is 5.36. The second-order valence-electron chi connectivity index (χ2n) is 3.91. The van der Waals surface area contributed by atoms with E-state index in [2.05, 4.69) is 11.4 Å². The summed E-state index contributed by atoms with van der Waals surface area (Å²) in [6.45, 7) is 0. The zero-order valence-electron chi connectivity index (χ0n) is 8.94. The summed E-state index contributed by atoms with van der Waals surface area (Å²) in [5, 5.41) is 12.7. The quantitative estimate of drug-likeness (QED) is 0.777. The van der Waals surface area contributed by atoms with Crippen molar-refractivity contribution in [2.24, 2.45) is 0 Å². The van der Waals surface area contributed by atoms with Crippen LogP contribution in [0.1, 0.15) is 30.9 Å². The van der Waals surface area contributed by atoms with Crippen molar-refractivity contribution in [1.82, 2.24) is 5.32 Å². The van der Waals surface area contributed by atoms with Crippen molar-refractivity contribution in [3.05, 3.63) is 29.8 Å². The molecule has 0 radical (unpaired) electrons. The van der Waals surface area contributed by atoms with Crippen molar-refractivity contribution in [3.63, 3.8) is 0 Å². The third kappa shape index (κ3) is 2.30. The average Bonchev–Trinajstić information content (AvgIpc) is 2.29. The van der Waals surface area contributed by atoms with Gasteiger partial charge >= 0.3 is 0 Å². The Morgan fingerprint density at radius 2 is 2.13 bits per heavy atom. The van der Waals surface area contributed by atoms with E-state index in [4.69, 9.17) is 4.74 Å². The van der Waals surface area contributed by atoms with Crippen molar-refractivity contribution in [2.45, 2.75) is 31.5 Å². The number of nitrogens with one attached hydrogen (secondary N) is 1. The van der Waals surface area contributed by atoms with Gasteiger partial charge in [-0.1, -0.05) is 18.2 Å². The molecule has 0 amide bonds. The van der Waals surface area contributed by atoms with E-state index in [9.17, 15) is 5.11 Å². The molecule has 2 rings (SSSR count). The molecule has 1 aromatic rings. The molecule has 1 fully saturated rings. The van der Waals surface area contributed by atoms with Crippen LogP contribution in [-0.2, 0) is 0 Å². The Kier molecular flexibility index (Phi) is 3.23. The second-order valence-corrected chi connectivity index (χ2v) is 3.91. The van der Waals surface area contributed by atoms with E-state index < -0.39 is 0 Å². The molecule has 0 aromatic heterocycles. The van der Waals surface area contributed by atoms with Crippen LogP contribution in [0, 0.1) is 0 Å². The zero-order chi connectivity index (χ0) is 10.7. The number of benzene rings is 1. The van der Waals surface area contributed by atoms with Crippen molar-refractivity contribution in [1.29, 1.82) is 0 Å². The van der Waals surface area contributed by atoms with Gasteiger partial charge in [0.15, 0.2) is 0 Å². The predicted molar refractivity (Wildman–Crippen MR) is 58.7 cm³/mol. The van der Waals surface area contributed by atoms with E-state index >= 15 is 0 Å². The number of hydrogen-bond acceptors (Lipinski definition) is 3. The van der Waals surface area contributed by atoms with Crippen LogP contribution in [0.15, 0.2) is 24.3 Å². The molecule has 1 heterocycles. The van der Waals surface area contributed by atoms with Gasteiger partial charge in [-0.3, -0.25) is 5.32 Å². The van der Waals surface area contributed by atoms with Crippen molar-refractivity contribution in [3.8, 4) is 5.75 Å². The Morgan fingerprint density at radius 1 is 1.33 bits per heavy atom. The van der Waals surface area contributed by atoms with Crippen molar-refractivity contribution in [2.75, 3.05) is 7.11 Å². The molecule has 3 nitrogen and oxygen atoms in total. The van der Waals surface area contributed by atoms with E-state index in [-0.39, 0.29) is 12.3 Å². The van der Waals surface area contributed by atoms with Gasteiger partial charge in [0.2, 0.25) is 0 Å². The third-order valence-corrected chi connectivity index (χ3v) is 2.88. The first kappa shape index (κ1) is 10.5. The highest BCUT2D eigenvalue weighted by atomic mass is 16.5. The van der Waals surface area contributed by atoms with Gasteiger partial charge in [0.25, 0.3) is 0 Å². The molecule has 0 saturated carbocycles. The van der Waals surface area contributed by atoms with Gasteiger partial charge in [0.1, 0.15) is 12.0 Å². The van der Waals surface area contributed by atoms with Gasteiger partial charge < -0.3 is 9.84 Å². The minimum absolute atomic E-state index is 0.213. The first-order valence-corrected chi connectivity index (χ1v) is 5.38. The lowest BCUT2D eigenvalue weighted by atomic mass is 9.96. The van der Waals surface area contributed by atoms with Crippen LogP contribution in [0.4, 0.5) is 0 Å². The zero-order valence-corrected chi connectivity index (χ0v) is 8.94. The number of ether oxygens (including phenoxy) is 1. The van der Waals surface area contributed by atoms with Gasteiger partial charge in [-0.2, -0.15) is 0 Å². The smallest absolute Gasteiger partial charge is 0.123 e. The number of rotatable bonds is 2. The molecule has 1 aliphatic rings. The monoisotopic (exact) mass is 207 g/mol. The minimum Gasteiger partial charge on any atom is -0.496 e. The molecule has 1 aromatic carbocycles. The molecule has 3 heteroatoms. The van der Waals surface area contributed by atoms with Crippen LogP contribution in [0.2, 0.25) is 0 Å². The summed E-state index contributed by atoms with van der Waals surface area (Å²) in [6, 6.07) is 8.18. The van der Waals surface area contributed by atoms with Gasteiger partial charge in [-0.05, 0) is 25.3 Å². The second kappa shape index (κ2) is 4.64. The largest absolute Gasteiger partial charge is 0.496 e. The summed E-state index contributed by atoms with van der Waals surface area (Å²) < 4.78 is 5.31. The summed E-state index contributed by atoms with van der Waals surface area (Å²) in [5.74, 6) is 0.893. The van der Waals surface area contributed by atoms with Gasteiger partial charge in [-0.15, -0.1) is 0 Å². The fourth-order valence-corrected chi connectivity index (χ4v) is 2.11. The maximum absolute atomic E-state index is 9.55. The first-order chi connectivity index (χ1) is 7.31. The summed E-state index contributed by atoms with van der Waals surface area (Å²) in [7, 11) is 1.68. The maximum Gasteiger partial charge on any atom is 0.123 e. The van der Waals surface area contributed by atoms with E-state index in [1.807, 2.05) is 18.2 Å². The molecule has 2 atom stereocenters. The Labute approximate surface area is 90.1 Å². The van der Waals surface area contributed by atoms with Crippen molar-refractivity contribution < 1.29 is 9.84 Å². The molecule has 15 heavy (non-hydrogen) atoms. The molecule has 1 aliphatic heterocycles. The molecular formula is C12H17NO2. The van der Waals surface area contributed by atoms with E-state index in [0.29, 0.717) is 0 Å². The average molecular weight is 207 g/mol. The Bertz CT molecular complexity index is 327. The van der Waals surface area contributed by atoms with Gasteiger partial charge in [0, 0.05) is 11.6 Å². The number of para-hydroxylation sites is 1. The minimum atomic E-state index is -0.381. The molecule has 2 unspecified atom stereocenters. The number of aliphatic hydroxyl groups is 1. The first-order valence-electron chi connectivity index (χ1n) is 5.38. The lowest BCUT2D eigenvalue weighted by Crippen LogP contribution is -2.36. The predicted octanol–water partition coefficient (Wildman–Crippen LogP) is 1.83. The molecule has 1 saturated heterocycles. The lowest BCUT2D eigenvalue weighted by Gasteiger charge is -2.29. The van der Waals surface area contributed by atoms with Crippen LogP contribution in [0.3, 0.4) is 0 Å². The summed E-state index contributed by atoms with van der Waals surface area (Å²) in [4.78, 5) is 0. The molecule has 0 spiro atoms. The third-order valence-electron chi connectivity index (χ3n) is 2.88. The number of piperidine rings is 1. The summed E-state index contributed by atoms with van der Waals surface area (Å²) in [6.07, 6.45) is 2.56. The van der Waals surface area contributed by atoms with Crippen LogP contribution in [-0.4, -0.2) is 18.4 Å². The highest BCUT2D eigenvalue weighted by Crippen LogP contribution is 2.31. The fourth-order valence-electron chi connectivity index (χ4n) is 2.11. The van der Waals surface area contributed by atoms with Gasteiger partial charge in [0.05, 0.1) is 7.11 Å². The number of aliphatic hydroxyl groups excluding tert-OH is 1. The molecular weight excluding hydrogens is 190 g/mol. The summed E-state index contributed by atoms with van der Waals surface area (Å²) >= 11 is 0. The van der Waals surface area contributed by atoms with Gasteiger partial charge in [-0.25, -0.2) is 0 Å². The Hall–Kier alpha value is -1.06. The molecule has 0 aliphatic carbocycles. The molecule has 82 valence electrons. The van der Waals surface area contributed by atoms with E-state index in [1.165, 1.54) is 0 Å². The normalized spacial score (nSPS) is 26.3. The van der Waals surface area contributed by atoms with Crippen LogP contribution in [0.5, 0.6) is 5.75 Å². The van der Waals surface area contributed by atoms with Crippen molar-refractivity contribution >= 4 is 0 Å². The van der Waals surface area contributed by atoms with E-state index in [1.54, 1.807) is 7.11 Å². The fraction of sp³-hybridized carbons (Fsp3) is 0.500. The van der Waals surface area contributed by atoms with Crippen LogP contribution >= 0.6 is 0 Å². The molecule has 0 bridgehead atoms. The maximum atomic E-state index is 9.55. The Morgan fingerprint density at radius 3 is 2.87 bits per heavy atom. The topological polar surface area (TPSA) is 41.5 Å². The van der Waals surface area contributed by atoms with Crippen LogP contribution in [0.25, 0.3) is 0 Å². The van der Waals surface area contributed by atoms with E-state index in [0.717, 1.165) is 30.6 Å². The Balaban J connectivity index is 2.20.